The summed E-state index contributed by atoms with van der Waals surface area (Å²) in [6.07, 6.45) is 0. The molecule has 0 N–H and O–H groups in total. The van der Waals surface area contributed by atoms with Crippen molar-refractivity contribution in [1.82, 2.24) is 0 Å². The van der Waals surface area contributed by atoms with Gasteiger partial charge in [-0.05, 0) is 0 Å². The fourth-order valence-electron chi connectivity index (χ4n) is 0.250. The molecule has 9 heavy (non-hydrogen) atoms. The van der Waals surface area contributed by atoms with Crippen molar-refractivity contribution in [2.45, 2.75) is 0 Å². The Morgan fingerprint density at radius 2 is 1.22 bits per heavy atom. The van der Waals surface area contributed by atoms with E-state index in [0.717, 1.165) is 0 Å². The van der Waals surface area contributed by atoms with Crippen LogP contribution in [0.25, 0.3) is 0 Å². The molecule has 0 saturated heterocycles. The fraction of sp³-hybridized carbons (Fsp3) is 1.00. The summed E-state index contributed by atoms with van der Waals surface area (Å²) in [5, 5.41) is 0. The Bertz CT molecular complexity index is 61.8. The average molecular weight is 241 g/mol. The molecule has 0 bridgehead atoms. The van der Waals surface area contributed by atoms with E-state index in [1.165, 1.54) is 21.3 Å². The standard InChI is InChI=1S/C3H9FO3Si.Ru/c1-5-8(4,6-2)7-3;/h1-3H3;. The predicted octanol–water partition coefficient (Wildman–Crippen LogP) is 0.328. The number of hydrogen-bond donors (Lipinski definition) is 0. The Labute approximate surface area is 67.8 Å². The third-order valence-electron chi connectivity index (χ3n) is 0.731. The molecule has 3 nitrogen and oxygen atoms in total. The molecule has 0 amide bonds. The van der Waals surface area contributed by atoms with E-state index in [1.807, 2.05) is 0 Å². The SMILES string of the molecule is CO[Si](F)(OC)OC.[Ru]. The molecule has 0 aliphatic carbocycles. The molecule has 0 spiro atoms. The van der Waals surface area contributed by atoms with Gasteiger partial charge in [-0.25, -0.2) is 4.11 Å². The van der Waals surface area contributed by atoms with E-state index in [1.54, 1.807) is 0 Å². The Kier molecular flexibility index (Phi) is 7.45. The van der Waals surface area contributed by atoms with E-state index in [9.17, 15) is 4.11 Å². The molecule has 58 valence electrons. The molecular formula is C3H9FO3RuSi. The molecule has 0 atom stereocenters. The largest absolute Gasteiger partial charge is 0.719 e. The second-order valence-electron chi connectivity index (χ2n) is 1.09. The molecule has 0 aromatic carbocycles. The second kappa shape index (κ2) is 5.44. The van der Waals surface area contributed by atoms with E-state index < -0.39 is 9.14 Å². The quantitative estimate of drug-likeness (QED) is 0.526. The van der Waals surface area contributed by atoms with Crippen LogP contribution in [0.4, 0.5) is 4.11 Å². The topological polar surface area (TPSA) is 27.7 Å². The summed E-state index contributed by atoms with van der Waals surface area (Å²) >= 11 is 0. The zero-order chi connectivity index (χ0) is 6.62. The first kappa shape index (κ1) is 12.3. The Balaban J connectivity index is 0. The molecule has 0 unspecified atom stereocenters. The molecule has 0 rings (SSSR count). The van der Waals surface area contributed by atoms with E-state index in [0.29, 0.717) is 0 Å². The van der Waals surface area contributed by atoms with Crippen molar-refractivity contribution in [1.29, 1.82) is 0 Å². The number of rotatable bonds is 3. The van der Waals surface area contributed by atoms with E-state index in [2.05, 4.69) is 13.3 Å². The summed E-state index contributed by atoms with van der Waals surface area (Å²) in [7, 11) is -0.0486. The number of hydrogen-bond acceptors (Lipinski definition) is 3. The van der Waals surface area contributed by atoms with Crippen molar-refractivity contribution < 1.29 is 36.9 Å². The molecule has 0 fully saturated rings. The van der Waals surface area contributed by atoms with Gasteiger partial charge in [0.05, 0.1) is 0 Å². The van der Waals surface area contributed by atoms with Crippen LogP contribution in [0.1, 0.15) is 0 Å². The maximum absolute atomic E-state index is 12.5. The third-order valence-corrected chi connectivity index (χ3v) is 2.19. The zero-order valence-corrected chi connectivity index (χ0v) is 8.19. The summed E-state index contributed by atoms with van der Waals surface area (Å²) in [6, 6.07) is 0. The van der Waals surface area contributed by atoms with Crippen LogP contribution in [0, 0.1) is 0 Å². The predicted molar refractivity (Wildman–Crippen MR) is 27.9 cm³/mol. The van der Waals surface area contributed by atoms with Gasteiger partial charge in [-0.2, -0.15) is 0 Å². The minimum atomic E-state index is -3.67. The van der Waals surface area contributed by atoms with Crippen molar-refractivity contribution in [3.63, 3.8) is 0 Å². The molecule has 0 aliphatic rings. The summed E-state index contributed by atoms with van der Waals surface area (Å²) < 4.78 is 25.2. The molecule has 0 heterocycles. The summed E-state index contributed by atoms with van der Waals surface area (Å²) in [4.78, 5) is 0. The van der Waals surface area contributed by atoms with Gasteiger partial charge in [0.15, 0.2) is 0 Å². The van der Waals surface area contributed by atoms with E-state index >= 15 is 0 Å². The molecule has 0 aromatic heterocycles. The zero-order valence-electron chi connectivity index (χ0n) is 5.46. The Morgan fingerprint density at radius 3 is 1.22 bits per heavy atom. The summed E-state index contributed by atoms with van der Waals surface area (Å²) in [5.41, 5.74) is 0. The van der Waals surface area contributed by atoms with Crippen molar-refractivity contribution in [2.75, 3.05) is 21.3 Å². The molecular weight excluding hydrogens is 232 g/mol. The summed E-state index contributed by atoms with van der Waals surface area (Å²) in [6.45, 7) is 0. The van der Waals surface area contributed by atoms with Crippen molar-refractivity contribution in [2.24, 2.45) is 0 Å². The molecule has 0 saturated carbocycles. The maximum atomic E-state index is 12.5. The van der Waals surface area contributed by atoms with Gasteiger partial charge in [0.25, 0.3) is 0 Å². The first-order chi connectivity index (χ1) is 3.68. The average Bonchev–Trinajstić information content (AvgIpc) is 1.87. The van der Waals surface area contributed by atoms with Crippen LogP contribution in [0.2, 0.25) is 0 Å². The fourth-order valence-corrected chi connectivity index (χ4v) is 0.750. The maximum Gasteiger partial charge on any atom is 0.719 e. The van der Waals surface area contributed by atoms with Crippen LogP contribution in [-0.2, 0) is 32.8 Å². The molecule has 0 aliphatic heterocycles. The minimum absolute atomic E-state index is 0. The normalized spacial score (nSPS) is 10.7. The van der Waals surface area contributed by atoms with Crippen LogP contribution < -0.4 is 0 Å². The second-order valence-corrected chi connectivity index (χ2v) is 3.28. The number of halogens is 1. The van der Waals surface area contributed by atoms with Crippen molar-refractivity contribution in [3.05, 3.63) is 0 Å². The smallest absolute Gasteiger partial charge is 0.352 e. The van der Waals surface area contributed by atoms with Gasteiger partial charge >= 0.3 is 9.14 Å². The van der Waals surface area contributed by atoms with Crippen molar-refractivity contribution >= 4 is 9.14 Å². The van der Waals surface area contributed by atoms with Crippen LogP contribution in [0.15, 0.2) is 0 Å². The van der Waals surface area contributed by atoms with Gasteiger partial charge in [-0.1, -0.05) is 0 Å². The van der Waals surface area contributed by atoms with Crippen LogP contribution in [0.3, 0.4) is 0 Å². The third kappa shape index (κ3) is 4.11. The summed E-state index contributed by atoms with van der Waals surface area (Å²) in [5.74, 6) is 0. The van der Waals surface area contributed by atoms with Crippen LogP contribution in [-0.4, -0.2) is 30.5 Å². The van der Waals surface area contributed by atoms with E-state index in [-0.39, 0.29) is 19.5 Å². The van der Waals surface area contributed by atoms with E-state index in [4.69, 9.17) is 0 Å². The van der Waals surface area contributed by atoms with Gasteiger partial charge in [-0.15, -0.1) is 0 Å². The van der Waals surface area contributed by atoms with Gasteiger partial charge in [0.2, 0.25) is 0 Å². The van der Waals surface area contributed by atoms with Crippen LogP contribution >= 0.6 is 0 Å². The first-order valence-corrected chi connectivity index (χ1v) is 3.63. The molecule has 0 radical (unpaired) electrons. The first-order valence-electron chi connectivity index (χ1n) is 2.03. The molecule has 6 heteroatoms. The van der Waals surface area contributed by atoms with Crippen molar-refractivity contribution in [3.8, 4) is 0 Å². The van der Waals surface area contributed by atoms with Gasteiger partial charge < -0.3 is 13.3 Å². The Morgan fingerprint density at radius 1 is 1.00 bits per heavy atom. The monoisotopic (exact) mass is 242 g/mol. The van der Waals surface area contributed by atoms with Gasteiger partial charge in [0.1, 0.15) is 0 Å². The Hall–Kier alpha value is 0.650. The van der Waals surface area contributed by atoms with Gasteiger partial charge in [-0.3, -0.25) is 0 Å². The minimum Gasteiger partial charge on any atom is -0.352 e. The molecule has 0 aromatic rings. The van der Waals surface area contributed by atoms with Gasteiger partial charge in [0, 0.05) is 40.8 Å². The van der Waals surface area contributed by atoms with Crippen LogP contribution in [0.5, 0.6) is 0 Å².